The maximum Gasteiger partial charge on any atom is 0.253 e. The van der Waals surface area contributed by atoms with Crippen LogP contribution in [-0.4, -0.2) is 60.2 Å². The van der Waals surface area contributed by atoms with Gasteiger partial charge in [-0.15, -0.1) is 0 Å². The van der Waals surface area contributed by atoms with E-state index in [9.17, 15) is 14.4 Å². The summed E-state index contributed by atoms with van der Waals surface area (Å²) in [5.74, 6) is 1.13. The second-order valence-electron chi connectivity index (χ2n) is 8.56. The fourth-order valence-corrected chi connectivity index (χ4v) is 4.83. The fraction of sp³-hybridized carbons (Fsp3) is 0.609. The fourth-order valence-electron chi connectivity index (χ4n) is 4.83. The minimum Gasteiger partial charge on any atom is -0.339 e. The molecule has 0 atom stereocenters. The molecule has 2 aliphatic heterocycles. The van der Waals surface area contributed by atoms with Gasteiger partial charge in [0.1, 0.15) is 0 Å². The van der Waals surface area contributed by atoms with Gasteiger partial charge in [-0.3, -0.25) is 14.4 Å². The van der Waals surface area contributed by atoms with Crippen molar-refractivity contribution in [2.24, 2.45) is 5.92 Å². The second-order valence-corrected chi connectivity index (χ2v) is 8.56. The van der Waals surface area contributed by atoms with Gasteiger partial charge < -0.3 is 14.7 Å². The summed E-state index contributed by atoms with van der Waals surface area (Å²) in [5.41, 5.74) is 1.50. The van der Waals surface area contributed by atoms with Crippen molar-refractivity contribution in [2.75, 3.05) is 37.6 Å². The van der Waals surface area contributed by atoms with Gasteiger partial charge in [-0.25, -0.2) is 0 Å². The van der Waals surface area contributed by atoms with Gasteiger partial charge in [0, 0.05) is 56.8 Å². The zero-order valence-corrected chi connectivity index (χ0v) is 17.1. The Balaban J connectivity index is 1.26. The molecule has 1 aliphatic carbocycles. The molecule has 2 heterocycles. The van der Waals surface area contributed by atoms with Crippen molar-refractivity contribution in [3.8, 4) is 0 Å². The van der Waals surface area contributed by atoms with Crippen LogP contribution in [0, 0.1) is 5.92 Å². The van der Waals surface area contributed by atoms with Crippen LogP contribution in [-0.2, 0) is 9.59 Å². The quantitative estimate of drug-likeness (QED) is 0.767. The van der Waals surface area contributed by atoms with E-state index in [0.29, 0.717) is 44.6 Å². The van der Waals surface area contributed by atoms with Crippen LogP contribution in [0.3, 0.4) is 0 Å². The molecule has 156 valence electrons. The van der Waals surface area contributed by atoms with Crippen molar-refractivity contribution in [1.82, 2.24) is 9.80 Å². The number of carbonyl (C=O) groups is 3. The van der Waals surface area contributed by atoms with Crippen LogP contribution in [0.15, 0.2) is 24.3 Å². The summed E-state index contributed by atoms with van der Waals surface area (Å²) in [4.78, 5) is 42.7. The van der Waals surface area contributed by atoms with Gasteiger partial charge in [0.15, 0.2) is 0 Å². The number of carbonyl (C=O) groups excluding carboxylic acids is 3. The van der Waals surface area contributed by atoms with Gasteiger partial charge in [-0.1, -0.05) is 25.7 Å². The van der Waals surface area contributed by atoms with E-state index in [2.05, 4.69) is 0 Å². The maximum atomic E-state index is 12.8. The van der Waals surface area contributed by atoms with E-state index in [4.69, 9.17) is 0 Å². The first kappa shape index (κ1) is 19.9. The highest BCUT2D eigenvalue weighted by Gasteiger charge is 2.26. The Labute approximate surface area is 172 Å². The zero-order chi connectivity index (χ0) is 20.2. The SMILES string of the molecule is O=C(CCC1CCCC1)N1CCN(C(=O)c2ccc(N3CCCC3=O)cc2)CC1. The Hall–Kier alpha value is -2.37. The normalized spacial score (nSPS) is 20.6. The molecule has 3 aliphatic rings. The Morgan fingerprint density at radius 2 is 1.52 bits per heavy atom. The van der Waals surface area contributed by atoms with Crippen molar-refractivity contribution in [3.05, 3.63) is 29.8 Å². The Bertz CT molecular complexity index is 747. The molecule has 0 N–H and O–H groups in total. The Morgan fingerprint density at radius 3 is 2.14 bits per heavy atom. The summed E-state index contributed by atoms with van der Waals surface area (Å²) < 4.78 is 0. The standard InChI is InChI=1S/C23H31N3O3/c27-21(12-7-18-4-1-2-5-18)24-14-16-25(17-15-24)23(29)19-8-10-20(11-9-19)26-13-3-6-22(26)28/h8-11,18H,1-7,12-17H2. The van der Waals surface area contributed by atoms with Crippen molar-refractivity contribution >= 4 is 23.4 Å². The van der Waals surface area contributed by atoms with Crippen LogP contribution in [0.5, 0.6) is 0 Å². The first-order valence-electron chi connectivity index (χ1n) is 11.1. The van der Waals surface area contributed by atoms with Crippen LogP contribution < -0.4 is 4.90 Å². The Morgan fingerprint density at radius 1 is 0.862 bits per heavy atom. The first-order valence-corrected chi connectivity index (χ1v) is 11.1. The lowest BCUT2D eigenvalue weighted by atomic mass is 10.0. The van der Waals surface area contributed by atoms with Gasteiger partial charge >= 0.3 is 0 Å². The number of hydrogen-bond acceptors (Lipinski definition) is 3. The van der Waals surface area contributed by atoms with E-state index >= 15 is 0 Å². The molecule has 0 radical (unpaired) electrons. The molecule has 3 fully saturated rings. The Kier molecular flexibility index (Phi) is 6.16. The lowest BCUT2D eigenvalue weighted by Gasteiger charge is -2.35. The summed E-state index contributed by atoms with van der Waals surface area (Å²) in [6.07, 6.45) is 8.34. The van der Waals surface area contributed by atoms with E-state index in [0.717, 1.165) is 31.0 Å². The molecule has 3 amide bonds. The molecule has 29 heavy (non-hydrogen) atoms. The summed E-state index contributed by atoms with van der Waals surface area (Å²) in [6.45, 7) is 3.16. The zero-order valence-electron chi connectivity index (χ0n) is 17.1. The van der Waals surface area contributed by atoms with Crippen molar-refractivity contribution < 1.29 is 14.4 Å². The number of hydrogen-bond donors (Lipinski definition) is 0. The highest BCUT2D eigenvalue weighted by Crippen LogP contribution is 2.29. The van der Waals surface area contributed by atoms with Gasteiger partial charge in [0.2, 0.25) is 11.8 Å². The molecule has 6 nitrogen and oxygen atoms in total. The second kappa shape index (κ2) is 8.97. The van der Waals surface area contributed by atoms with Gasteiger partial charge in [0.05, 0.1) is 0 Å². The lowest BCUT2D eigenvalue weighted by Crippen LogP contribution is -2.50. The number of piperazine rings is 1. The first-order chi connectivity index (χ1) is 14.1. The van der Waals surface area contributed by atoms with Crippen molar-refractivity contribution in [2.45, 2.75) is 51.4 Å². The minimum absolute atomic E-state index is 0.00218. The largest absolute Gasteiger partial charge is 0.339 e. The van der Waals surface area contributed by atoms with Gasteiger partial charge in [0.25, 0.3) is 5.91 Å². The average molecular weight is 398 g/mol. The van der Waals surface area contributed by atoms with Crippen LogP contribution in [0.25, 0.3) is 0 Å². The summed E-state index contributed by atoms with van der Waals surface area (Å²) in [7, 11) is 0. The molecular weight excluding hydrogens is 366 g/mol. The lowest BCUT2D eigenvalue weighted by molar-refractivity contribution is -0.133. The van der Waals surface area contributed by atoms with Gasteiger partial charge in [-0.05, 0) is 43.0 Å². The number of rotatable bonds is 5. The summed E-state index contributed by atoms with van der Waals surface area (Å²) in [6, 6.07) is 7.34. The maximum absolute atomic E-state index is 12.8. The molecule has 1 aromatic rings. The molecule has 0 aromatic heterocycles. The van der Waals surface area contributed by atoms with Crippen LogP contribution in [0.2, 0.25) is 0 Å². The number of nitrogens with zero attached hydrogens (tertiary/aromatic N) is 3. The van der Waals surface area contributed by atoms with Crippen LogP contribution >= 0.6 is 0 Å². The smallest absolute Gasteiger partial charge is 0.253 e. The van der Waals surface area contributed by atoms with Crippen molar-refractivity contribution in [1.29, 1.82) is 0 Å². The van der Waals surface area contributed by atoms with E-state index in [1.54, 1.807) is 4.90 Å². The average Bonchev–Trinajstić information content (AvgIpc) is 3.43. The molecule has 2 saturated heterocycles. The number of anilines is 1. The van der Waals surface area contributed by atoms with Gasteiger partial charge in [-0.2, -0.15) is 0 Å². The summed E-state index contributed by atoms with van der Waals surface area (Å²) in [5, 5.41) is 0. The molecule has 0 unspecified atom stereocenters. The van der Waals surface area contributed by atoms with E-state index < -0.39 is 0 Å². The third-order valence-corrected chi connectivity index (χ3v) is 6.66. The molecular formula is C23H31N3O3. The van der Waals surface area contributed by atoms with E-state index in [1.807, 2.05) is 34.1 Å². The molecule has 4 rings (SSSR count). The van der Waals surface area contributed by atoms with E-state index in [-0.39, 0.29) is 17.7 Å². The molecule has 1 aromatic carbocycles. The van der Waals surface area contributed by atoms with Crippen LogP contribution in [0.1, 0.15) is 61.7 Å². The third-order valence-electron chi connectivity index (χ3n) is 6.66. The van der Waals surface area contributed by atoms with E-state index in [1.165, 1.54) is 25.7 Å². The molecule has 1 saturated carbocycles. The molecule has 6 heteroatoms. The topological polar surface area (TPSA) is 60.9 Å². The van der Waals surface area contributed by atoms with Crippen LogP contribution in [0.4, 0.5) is 5.69 Å². The third kappa shape index (κ3) is 4.62. The predicted molar refractivity (Wildman–Crippen MR) is 112 cm³/mol. The summed E-state index contributed by atoms with van der Waals surface area (Å²) >= 11 is 0. The molecule has 0 bridgehead atoms. The highest BCUT2D eigenvalue weighted by molar-refractivity contribution is 5.97. The predicted octanol–water partition coefficient (Wildman–Crippen LogP) is 3.07. The monoisotopic (exact) mass is 397 g/mol. The minimum atomic E-state index is 0.00218. The number of benzene rings is 1. The molecule has 0 spiro atoms. The number of amides is 3. The highest BCUT2D eigenvalue weighted by atomic mass is 16.2. The van der Waals surface area contributed by atoms with Crippen molar-refractivity contribution in [3.63, 3.8) is 0 Å².